The minimum Gasteiger partial charge on any atom is -0.445 e. The van der Waals surface area contributed by atoms with E-state index in [-0.39, 0.29) is 25.5 Å². The van der Waals surface area contributed by atoms with Crippen molar-refractivity contribution in [2.24, 2.45) is 21.9 Å². The summed E-state index contributed by atoms with van der Waals surface area (Å²) in [6.07, 6.45) is 0.675. The van der Waals surface area contributed by atoms with Crippen molar-refractivity contribution in [1.29, 1.82) is 0 Å². The molecule has 1 saturated heterocycles. The average Bonchev–Trinajstić information content (AvgIpc) is 3.37. The number of likely N-dealkylation sites (tertiary alicyclic amines) is 1. The second kappa shape index (κ2) is 14.3. The third-order valence-corrected chi connectivity index (χ3v) is 6.21. The van der Waals surface area contributed by atoms with Crippen LogP contribution in [0.3, 0.4) is 0 Å². The van der Waals surface area contributed by atoms with Gasteiger partial charge in [-0.25, -0.2) is 9.18 Å². The number of rotatable bonds is 12. The van der Waals surface area contributed by atoms with Crippen molar-refractivity contribution in [2.45, 2.75) is 71.2 Å². The van der Waals surface area contributed by atoms with Gasteiger partial charge in [0, 0.05) is 13.1 Å². The molecule has 38 heavy (non-hydrogen) atoms. The number of carbonyl (C=O) groups excluding carboxylic acids is 4. The first-order valence-corrected chi connectivity index (χ1v) is 12.7. The van der Waals surface area contributed by atoms with E-state index >= 15 is 0 Å². The lowest BCUT2D eigenvalue weighted by Crippen LogP contribution is -2.58. The van der Waals surface area contributed by atoms with Gasteiger partial charge in [0.05, 0.1) is 6.04 Å². The van der Waals surface area contributed by atoms with Gasteiger partial charge in [-0.15, -0.1) is 0 Å². The highest BCUT2D eigenvalue weighted by atomic mass is 19.1. The van der Waals surface area contributed by atoms with Crippen molar-refractivity contribution in [3.05, 3.63) is 35.9 Å². The third kappa shape index (κ3) is 9.31. The lowest BCUT2D eigenvalue weighted by molar-refractivity contribution is -0.142. The monoisotopic (exact) mass is 534 g/mol. The van der Waals surface area contributed by atoms with E-state index in [1.54, 1.807) is 20.8 Å². The van der Waals surface area contributed by atoms with Crippen LogP contribution in [0, 0.1) is 5.41 Å². The van der Waals surface area contributed by atoms with Crippen LogP contribution in [0.5, 0.6) is 0 Å². The smallest absolute Gasteiger partial charge is 0.408 e. The maximum absolute atomic E-state index is 13.6. The molecule has 12 heteroatoms. The van der Waals surface area contributed by atoms with Gasteiger partial charge in [0.1, 0.15) is 25.4 Å². The number of hydrogen-bond acceptors (Lipinski definition) is 6. The molecule has 6 N–H and O–H groups in total. The quantitative estimate of drug-likeness (QED) is 0.178. The summed E-state index contributed by atoms with van der Waals surface area (Å²) in [5.41, 5.74) is 10.7. The van der Waals surface area contributed by atoms with E-state index in [0.717, 1.165) is 5.56 Å². The molecule has 1 aliphatic rings. The van der Waals surface area contributed by atoms with Crippen LogP contribution in [0.2, 0.25) is 0 Å². The van der Waals surface area contributed by atoms with E-state index in [4.69, 9.17) is 16.2 Å². The summed E-state index contributed by atoms with van der Waals surface area (Å²) in [5.74, 6) is -1.86. The number of hydrogen-bond donors (Lipinski definition) is 4. The number of alkyl halides is 1. The molecule has 0 aliphatic carbocycles. The molecule has 11 nitrogen and oxygen atoms in total. The fourth-order valence-corrected chi connectivity index (χ4v) is 4.18. The number of amides is 3. The standard InChI is InChI=1S/C26H39FN6O5/c1-26(2,3)21(32-25(37)38-16-17-9-5-4-6-10-17)23(36)33-14-8-12-19(33)22(35)31-18(20(34)15-27)11-7-13-30-24(28)29/h4-6,9-10,18-19,21H,7-8,11-16H2,1-3H3,(H,31,35)(H,32,37)(H4,28,29,30). The molecule has 3 amide bonds. The Labute approximate surface area is 222 Å². The van der Waals surface area contributed by atoms with E-state index in [1.807, 2.05) is 30.3 Å². The van der Waals surface area contributed by atoms with Crippen molar-refractivity contribution in [3.8, 4) is 0 Å². The highest BCUT2D eigenvalue weighted by Gasteiger charge is 2.42. The lowest BCUT2D eigenvalue weighted by atomic mass is 9.85. The van der Waals surface area contributed by atoms with Crippen LogP contribution in [0.1, 0.15) is 52.0 Å². The number of aliphatic imine (C=N–C) groups is 1. The summed E-state index contributed by atoms with van der Waals surface area (Å²) in [7, 11) is 0. The van der Waals surface area contributed by atoms with Crippen molar-refractivity contribution in [3.63, 3.8) is 0 Å². The molecule has 1 heterocycles. The summed E-state index contributed by atoms with van der Waals surface area (Å²) >= 11 is 0. The summed E-state index contributed by atoms with van der Waals surface area (Å²) in [5, 5.41) is 5.25. The van der Waals surface area contributed by atoms with E-state index < -0.39 is 53.9 Å². The first-order chi connectivity index (χ1) is 17.9. The minimum absolute atomic E-state index is 0.0413. The van der Waals surface area contributed by atoms with Gasteiger partial charge in [-0.1, -0.05) is 51.1 Å². The van der Waals surface area contributed by atoms with Crippen LogP contribution in [-0.2, 0) is 25.7 Å². The Morgan fingerprint density at radius 3 is 2.45 bits per heavy atom. The number of Topliss-reactive ketones (excluding diaryl/α,β-unsaturated/α-hetero) is 1. The van der Waals surface area contributed by atoms with Gasteiger partial charge in [0.2, 0.25) is 11.8 Å². The molecule has 1 aromatic rings. The molecular weight excluding hydrogens is 495 g/mol. The number of nitrogens with one attached hydrogen (secondary N) is 2. The molecule has 2 rings (SSSR count). The first kappa shape index (κ1) is 30.5. The Bertz CT molecular complexity index is 994. The van der Waals surface area contributed by atoms with Crippen LogP contribution < -0.4 is 22.1 Å². The van der Waals surface area contributed by atoms with Crippen LogP contribution in [-0.4, -0.2) is 72.4 Å². The summed E-state index contributed by atoms with van der Waals surface area (Å²) < 4.78 is 18.4. The molecule has 3 unspecified atom stereocenters. The number of carbonyl (C=O) groups is 4. The SMILES string of the molecule is CC(C)(C)C(NC(=O)OCc1ccccc1)C(=O)N1CCCC1C(=O)NC(CCCN=C(N)N)C(=O)CF. The number of guanidine groups is 1. The van der Waals surface area contributed by atoms with Gasteiger partial charge < -0.3 is 31.7 Å². The van der Waals surface area contributed by atoms with Crippen LogP contribution >= 0.6 is 0 Å². The number of benzene rings is 1. The Morgan fingerprint density at radius 2 is 1.84 bits per heavy atom. The maximum Gasteiger partial charge on any atom is 0.408 e. The number of nitrogens with zero attached hydrogens (tertiary/aromatic N) is 2. The maximum atomic E-state index is 13.6. The molecule has 0 spiro atoms. The molecule has 210 valence electrons. The average molecular weight is 535 g/mol. The molecule has 0 saturated carbocycles. The summed E-state index contributed by atoms with van der Waals surface area (Å²) in [6.45, 7) is 4.72. The molecule has 3 atom stereocenters. The van der Waals surface area contributed by atoms with E-state index in [0.29, 0.717) is 25.8 Å². The predicted molar refractivity (Wildman–Crippen MR) is 141 cm³/mol. The molecule has 0 bridgehead atoms. The van der Waals surface area contributed by atoms with Crippen LogP contribution in [0.15, 0.2) is 35.3 Å². The number of halogens is 1. The summed E-state index contributed by atoms with van der Waals surface area (Å²) in [6, 6.07) is 6.23. The highest BCUT2D eigenvalue weighted by Crippen LogP contribution is 2.26. The van der Waals surface area contributed by atoms with Crippen molar-refractivity contribution >= 4 is 29.7 Å². The fraction of sp³-hybridized carbons (Fsp3) is 0.577. The van der Waals surface area contributed by atoms with Crippen molar-refractivity contribution in [2.75, 3.05) is 19.8 Å². The van der Waals surface area contributed by atoms with Gasteiger partial charge >= 0.3 is 6.09 Å². The van der Waals surface area contributed by atoms with Gasteiger partial charge in [-0.05, 0) is 36.7 Å². The van der Waals surface area contributed by atoms with Gasteiger partial charge in [-0.2, -0.15) is 0 Å². The van der Waals surface area contributed by atoms with Crippen molar-refractivity contribution in [1.82, 2.24) is 15.5 Å². The van der Waals surface area contributed by atoms with E-state index in [2.05, 4.69) is 15.6 Å². The number of ketones is 1. The zero-order valence-electron chi connectivity index (χ0n) is 22.2. The highest BCUT2D eigenvalue weighted by molar-refractivity contribution is 5.95. The number of nitrogens with two attached hydrogens (primary N) is 2. The molecular formula is C26H39FN6O5. The molecule has 1 aromatic carbocycles. The van der Waals surface area contributed by atoms with E-state index in [1.165, 1.54) is 4.90 Å². The third-order valence-electron chi connectivity index (χ3n) is 6.21. The zero-order chi connectivity index (χ0) is 28.3. The molecule has 0 radical (unpaired) electrons. The van der Waals surface area contributed by atoms with Crippen molar-refractivity contribution < 1.29 is 28.3 Å². The largest absolute Gasteiger partial charge is 0.445 e. The Hall–Kier alpha value is -3.70. The predicted octanol–water partition coefficient (Wildman–Crippen LogP) is 1.40. The fourth-order valence-electron chi connectivity index (χ4n) is 4.18. The second-order valence-corrected chi connectivity index (χ2v) is 10.3. The minimum atomic E-state index is -1.23. The van der Waals surface area contributed by atoms with E-state index in [9.17, 15) is 23.6 Å². The molecule has 1 fully saturated rings. The first-order valence-electron chi connectivity index (χ1n) is 12.7. The Kier molecular flexibility index (Phi) is 11.5. The van der Waals surface area contributed by atoms with Gasteiger partial charge in [0.15, 0.2) is 11.7 Å². The Balaban J connectivity index is 2.07. The van der Waals surface area contributed by atoms with Gasteiger partial charge in [-0.3, -0.25) is 19.4 Å². The molecule has 0 aromatic heterocycles. The Morgan fingerprint density at radius 1 is 1.16 bits per heavy atom. The topological polar surface area (TPSA) is 169 Å². The lowest BCUT2D eigenvalue weighted by Gasteiger charge is -2.35. The number of ether oxygens (including phenoxy) is 1. The van der Waals surface area contributed by atoms with Gasteiger partial charge in [0.25, 0.3) is 0 Å². The van der Waals surface area contributed by atoms with Crippen LogP contribution in [0.25, 0.3) is 0 Å². The zero-order valence-corrected chi connectivity index (χ0v) is 22.2. The molecule has 1 aliphatic heterocycles. The number of alkyl carbamates (subject to hydrolysis) is 1. The second-order valence-electron chi connectivity index (χ2n) is 10.3. The normalized spacial score (nSPS) is 16.7. The van der Waals surface area contributed by atoms with Crippen LogP contribution in [0.4, 0.5) is 9.18 Å². The summed E-state index contributed by atoms with van der Waals surface area (Å²) in [4.78, 5) is 56.6.